The molecular weight excluding hydrogens is 332 g/mol. The van der Waals surface area contributed by atoms with Crippen molar-refractivity contribution in [1.29, 1.82) is 0 Å². The minimum Gasteiger partial charge on any atom is -0.481 e. The fourth-order valence-corrected chi connectivity index (χ4v) is 2.94. The van der Waals surface area contributed by atoms with E-state index in [1.807, 2.05) is 12.1 Å². The van der Waals surface area contributed by atoms with Gasteiger partial charge in [0.15, 0.2) is 5.78 Å². The SMILES string of the molecule is CCCCCCCc1ccc(C(=O)C(O)C(C(=O)O)C(=O)CCC)cc1. The smallest absolute Gasteiger partial charge is 0.317 e. The molecule has 1 aromatic rings. The molecule has 5 nitrogen and oxygen atoms in total. The lowest BCUT2D eigenvalue weighted by atomic mass is 9.89. The summed E-state index contributed by atoms with van der Waals surface area (Å²) in [6.07, 6.45) is 5.50. The van der Waals surface area contributed by atoms with Crippen LogP contribution >= 0.6 is 0 Å². The summed E-state index contributed by atoms with van der Waals surface area (Å²) in [7, 11) is 0. The summed E-state index contributed by atoms with van der Waals surface area (Å²) in [4.78, 5) is 35.6. The van der Waals surface area contributed by atoms with Crippen molar-refractivity contribution in [2.45, 2.75) is 71.3 Å². The summed E-state index contributed by atoms with van der Waals surface area (Å²) < 4.78 is 0. The first-order valence-electron chi connectivity index (χ1n) is 9.49. The van der Waals surface area contributed by atoms with Crippen molar-refractivity contribution in [2.24, 2.45) is 5.92 Å². The summed E-state index contributed by atoms with van der Waals surface area (Å²) >= 11 is 0. The molecule has 26 heavy (non-hydrogen) atoms. The number of aryl methyl sites for hydroxylation is 1. The van der Waals surface area contributed by atoms with Crippen LogP contribution in [0.5, 0.6) is 0 Å². The second kappa shape index (κ2) is 11.6. The number of unbranched alkanes of at least 4 members (excludes halogenated alkanes) is 4. The number of carboxylic acid groups (broad SMARTS) is 1. The number of hydrogen-bond donors (Lipinski definition) is 2. The molecule has 0 aliphatic heterocycles. The van der Waals surface area contributed by atoms with Gasteiger partial charge in [0.2, 0.25) is 0 Å². The predicted octanol–water partition coefficient (Wildman–Crippen LogP) is 3.81. The maximum Gasteiger partial charge on any atom is 0.317 e. The largest absolute Gasteiger partial charge is 0.481 e. The Labute approximate surface area is 155 Å². The molecule has 144 valence electrons. The molecule has 0 heterocycles. The number of carbonyl (C=O) groups excluding carboxylic acids is 2. The Morgan fingerprint density at radius 3 is 2.08 bits per heavy atom. The number of carbonyl (C=O) groups is 3. The van der Waals surface area contributed by atoms with Gasteiger partial charge in [-0.25, -0.2) is 0 Å². The fraction of sp³-hybridized carbons (Fsp3) is 0.571. The summed E-state index contributed by atoms with van der Waals surface area (Å²) in [5.41, 5.74) is 1.33. The number of carboxylic acids is 1. The molecule has 1 rings (SSSR count). The van der Waals surface area contributed by atoms with Crippen LogP contribution in [0.4, 0.5) is 0 Å². The third-order valence-corrected chi connectivity index (χ3v) is 4.50. The van der Waals surface area contributed by atoms with Crippen molar-refractivity contribution in [3.05, 3.63) is 35.4 Å². The molecule has 2 unspecified atom stereocenters. The van der Waals surface area contributed by atoms with E-state index in [-0.39, 0.29) is 12.0 Å². The van der Waals surface area contributed by atoms with E-state index in [9.17, 15) is 24.6 Å². The van der Waals surface area contributed by atoms with Crippen LogP contribution in [-0.4, -0.2) is 33.9 Å². The van der Waals surface area contributed by atoms with Gasteiger partial charge in [0.05, 0.1) is 0 Å². The zero-order valence-electron chi connectivity index (χ0n) is 15.7. The van der Waals surface area contributed by atoms with Crippen LogP contribution in [0.3, 0.4) is 0 Å². The van der Waals surface area contributed by atoms with Crippen LogP contribution in [0.25, 0.3) is 0 Å². The fourth-order valence-electron chi connectivity index (χ4n) is 2.94. The van der Waals surface area contributed by atoms with E-state index in [1.54, 1.807) is 19.1 Å². The molecule has 0 aliphatic carbocycles. The Balaban J connectivity index is 2.70. The predicted molar refractivity (Wildman–Crippen MR) is 100 cm³/mol. The summed E-state index contributed by atoms with van der Waals surface area (Å²) in [6.45, 7) is 3.92. The first kappa shape index (κ1) is 22.0. The number of ketones is 2. The third kappa shape index (κ3) is 6.71. The van der Waals surface area contributed by atoms with Gasteiger partial charge in [-0.15, -0.1) is 0 Å². The van der Waals surface area contributed by atoms with Gasteiger partial charge in [0.25, 0.3) is 0 Å². The second-order valence-corrected chi connectivity index (χ2v) is 6.70. The first-order chi connectivity index (χ1) is 12.4. The Bertz CT molecular complexity index is 591. The van der Waals surface area contributed by atoms with Crippen molar-refractivity contribution in [2.75, 3.05) is 0 Å². The zero-order valence-corrected chi connectivity index (χ0v) is 15.7. The lowest BCUT2D eigenvalue weighted by Crippen LogP contribution is -2.40. The van der Waals surface area contributed by atoms with Gasteiger partial charge in [-0.3, -0.25) is 14.4 Å². The van der Waals surface area contributed by atoms with E-state index >= 15 is 0 Å². The molecule has 0 saturated carbocycles. The van der Waals surface area contributed by atoms with Gasteiger partial charge < -0.3 is 10.2 Å². The molecule has 0 bridgehead atoms. The van der Waals surface area contributed by atoms with E-state index in [1.165, 1.54) is 25.7 Å². The average Bonchev–Trinajstić information content (AvgIpc) is 2.61. The normalized spacial score (nSPS) is 13.2. The second-order valence-electron chi connectivity index (χ2n) is 6.70. The quantitative estimate of drug-likeness (QED) is 0.316. The third-order valence-electron chi connectivity index (χ3n) is 4.50. The van der Waals surface area contributed by atoms with Crippen LogP contribution in [0, 0.1) is 5.92 Å². The first-order valence-corrected chi connectivity index (χ1v) is 9.49. The Kier molecular flexibility index (Phi) is 9.81. The van der Waals surface area contributed by atoms with Crippen molar-refractivity contribution in [3.8, 4) is 0 Å². The lowest BCUT2D eigenvalue weighted by molar-refractivity contribution is -0.149. The number of aliphatic hydroxyl groups is 1. The summed E-state index contributed by atoms with van der Waals surface area (Å²) in [6, 6.07) is 6.83. The molecule has 5 heteroatoms. The van der Waals surface area contributed by atoms with Gasteiger partial charge in [-0.1, -0.05) is 63.8 Å². The minimum atomic E-state index is -1.86. The van der Waals surface area contributed by atoms with Crippen LogP contribution in [0.2, 0.25) is 0 Å². The summed E-state index contributed by atoms with van der Waals surface area (Å²) in [5, 5.41) is 19.3. The molecular formula is C21H30O5. The zero-order chi connectivity index (χ0) is 19.5. The van der Waals surface area contributed by atoms with Crippen molar-refractivity contribution in [3.63, 3.8) is 0 Å². The number of rotatable bonds is 13. The van der Waals surface area contributed by atoms with E-state index in [0.717, 1.165) is 18.4 Å². The standard InChI is InChI=1S/C21H30O5/c1-3-5-6-7-8-10-15-11-13-16(14-12-15)19(23)20(24)18(21(25)26)17(22)9-4-2/h11-14,18,20,24H,3-10H2,1-2H3,(H,25,26). The lowest BCUT2D eigenvalue weighted by Gasteiger charge is -2.17. The average molecular weight is 362 g/mol. The molecule has 0 spiro atoms. The number of benzene rings is 1. The van der Waals surface area contributed by atoms with E-state index in [2.05, 4.69) is 6.92 Å². The highest BCUT2D eigenvalue weighted by Gasteiger charge is 2.37. The molecule has 0 saturated heterocycles. The Morgan fingerprint density at radius 1 is 0.923 bits per heavy atom. The summed E-state index contributed by atoms with van der Waals surface area (Å²) in [5.74, 6) is -4.52. The van der Waals surface area contributed by atoms with Crippen LogP contribution < -0.4 is 0 Å². The molecule has 0 radical (unpaired) electrons. The Hall–Kier alpha value is -2.01. The van der Waals surface area contributed by atoms with Crippen molar-refractivity contribution < 1.29 is 24.6 Å². The van der Waals surface area contributed by atoms with Crippen molar-refractivity contribution >= 4 is 17.5 Å². The molecule has 1 aromatic carbocycles. The maximum atomic E-state index is 12.4. The number of aliphatic carboxylic acids is 1. The topological polar surface area (TPSA) is 91.7 Å². The highest BCUT2D eigenvalue weighted by Crippen LogP contribution is 2.17. The molecule has 0 aromatic heterocycles. The molecule has 0 aliphatic rings. The van der Waals surface area contributed by atoms with E-state index in [0.29, 0.717) is 6.42 Å². The molecule has 2 N–H and O–H groups in total. The highest BCUT2D eigenvalue weighted by atomic mass is 16.4. The van der Waals surface area contributed by atoms with Gasteiger partial charge in [-0.05, 0) is 24.8 Å². The van der Waals surface area contributed by atoms with Gasteiger partial charge in [0, 0.05) is 12.0 Å². The van der Waals surface area contributed by atoms with Crippen molar-refractivity contribution in [1.82, 2.24) is 0 Å². The number of Topliss-reactive ketones (excluding diaryl/α,β-unsaturated/α-hetero) is 2. The van der Waals surface area contributed by atoms with Crippen LogP contribution in [0.15, 0.2) is 24.3 Å². The monoisotopic (exact) mass is 362 g/mol. The number of hydrogen-bond acceptors (Lipinski definition) is 4. The van der Waals surface area contributed by atoms with Gasteiger partial charge >= 0.3 is 5.97 Å². The van der Waals surface area contributed by atoms with Gasteiger partial charge in [-0.2, -0.15) is 0 Å². The van der Waals surface area contributed by atoms with Gasteiger partial charge in [0.1, 0.15) is 17.8 Å². The molecule has 0 fully saturated rings. The van der Waals surface area contributed by atoms with Crippen LogP contribution in [-0.2, 0) is 16.0 Å². The van der Waals surface area contributed by atoms with Crippen LogP contribution in [0.1, 0.15) is 74.7 Å². The Morgan fingerprint density at radius 2 is 1.54 bits per heavy atom. The molecule has 0 amide bonds. The molecule has 2 atom stereocenters. The minimum absolute atomic E-state index is 0.0261. The van der Waals surface area contributed by atoms with E-state index in [4.69, 9.17) is 0 Å². The van der Waals surface area contributed by atoms with E-state index < -0.39 is 29.6 Å². The maximum absolute atomic E-state index is 12.4. The number of aliphatic hydroxyl groups excluding tert-OH is 1. The highest BCUT2D eigenvalue weighted by molar-refractivity contribution is 6.08.